The summed E-state index contributed by atoms with van der Waals surface area (Å²) in [7, 11) is 0. The van der Waals surface area contributed by atoms with Crippen molar-refractivity contribution in [2.24, 2.45) is 5.92 Å². The van der Waals surface area contributed by atoms with Gasteiger partial charge in [0.1, 0.15) is 5.82 Å². The summed E-state index contributed by atoms with van der Waals surface area (Å²) in [6.07, 6.45) is 3.85. The first-order valence-corrected chi connectivity index (χ1v) is 8.70. The van der Waals surface area contributed by atoms with Crippen LogP contribution in [0.1, 0.15) is 43.0 Å². The summed E-state index contributed by atoms with van der Waals surface area (Å²) in [5.74, 6) is 1.65. The number of carbonyl (C=O) groups is 1. The summed E-state index contributed by atoms with van der Waals surface area (Å²) in [5, 5.41) is 6.87. The fourth-order valence-corrected chi connectivity index (χ4v) is 3.51. The Hall–Kier alpha value is -2.37. The molecule has 1 amide bonds. The average molecular weight is 326 g/mol. The summed E-state index contributed by atoms with van der Waals surface area (Å²) in [6, 6.07) is 9.94. The molecule has 1 aliphatic heterocycles. The molecule has 1 saturated heterocycles. The first-order chi connectivity index (χ1) is 11.7. The largest absolute Gasteiger partial charge is 0.343 e. The zero-order valence-corrected chi connectivity index (χ0v) is 13.6. The molecule has 2 aromatic rings. The van der Waals surface area contributed by atoms with Crippen molar-refractivity contribution < 1.29 is 4.79 Å². The second kappa shape index (κ2) is 6.26. The fourth-order valence-electron chi connectivity index (χ4n) is 3.51. The zero-order valence-electron chi connectivity index (χ0n) is 13.6. The number of likely N-dealkylation sites (tertiary alicyclic amines) is 1. The van der Waals surface area contributed by atoms with Gasteiger partial charge in [-0.1, -0.05) is 30.3 Å². The van der Waals surface area contributed by atoms with E-state index in [-0.39, 0.29) is 17.5 Å². The molecule has 0 unspecified atom stereocenters. The van der Waals surface area contributed by atoms with Gasteiger partial charge >= 0.3 is 5.69 Å². The second-order valence-electron chi connectivity index (χ2n) is 6.83. The number of nitrogens with one attached hydrogen (secondary N) is 1. The first kappa shape index (κ1) is 15.2. The Morgan fingerprint density at radius 3 is 2.50 bits per heavy atom. The zero-order chi connectivity index (χ0) is 16.5. The van der Waals surface area contributed by atoms with Gasteiger partial charge in [0.25, 0.3) is 0 Å². The van der Waals surface area contributed by atoms with E-state index in [9.17, 15) is 9.59 Å². The van der Waals surface area contributed by atoms with Gasteiger partial charge in [0.2, 0.25) is 5.91 Å². The SMILES string of the molecule is O=C(C1CC1)N1CCC(c2n[nH]c(=O)n2Cc2ccccc2)CC1. The van der Waals surface area contributed by atoms with Crippen molar-refractivity contribution in [3.05, 3.63) is 52.2 Å². The Morgan fingerprint density at radius 1 is 1.12 bits per heavy atom. The predicted molar refractivity (Wildman–Crippen MR) is 89.7 cm³/mol. The number of piperidine rings is 1. The van der Waals surface area contributed by atoms with Gasteiger partial charge in [-0.2, -0.15) is 5.10 Å². The molecule has 2 fully saturated rings. The number of carbonyl (C=O) groups excluding carboxylic acids is 1. The molecule has 6 heteroatoms. The smallest absolute Gasteiger partial charge is 0.342 e. The van der Waals surface area contributed by atoms with Crippen molar-refractivity contribution >= 4 is 5.91 Å². The van der Waals surface area contributed by atoms with Crippen molar-refractivity contribution in [2.75, 3.05) is 13.1 Å². The Bertz CT molecular complexity index is 768. The Balaban J connectivity index is 1.47. The lowest BCUT2D eigenvalue weighted by Gasteiger charge is -2.31. The van der Waals surface area contributed by atoms with Gasteiger partial charge in [-0.15, -0.1) is 0 Å². The molecule has 24 heavy (non-hydrogen) atoms. The number of H-pyrrole nitrogens is 1. The lowest BCUT2D eigenvalue weighted by Crippen LogP contribution is -2.39. The lowest BCUT2D eigenvalue weighted by molar-refractivity contribution is -0.133. The van der Waals surface area contributed by atoms with Gasteiger partial charge in [0.05, 0.1) is 6.54 Å². The molecule has 1 aromatic heterocycles. The summed E-state index contributed by atoms with van der Waals surface area (Å²) >= 11 is 0. The van der Waals surface area contributed by atoms with Crippen LogP contribution in [-0.2, 0) is 11.3 Å². The molecule has 126 valence electrons. The third-order valence-electron chi connectivity index (χ3n) is 5.07. The maximum absolute atomic E-state index is 12.2. The van der Waals surface area contributed by atoms with Crippen molar-refractivity contribution in [2.45, 2.75) is 38.1 Å². The van der Waals surface area contributed by atoms with Crippen molar-refractivity contribution in [3.8, 4) is 0 Å². The fraction of sp³-hybridized carbons (Fsp3) is 0.500. The van der Waals surface area contributed by atoms with E-state index in [2.05, 4.69) is 10.2 Å². The molecule has 0 atom stereocenters. The van der Waals surface area contributed by atoms with Gasteiger partial charge in [0, 0.05) is 24.9 Å². The van der Waals surface area contributed by atoms with Crippen LogP contribution >= 0.6 is 0 Å². The number of amides is 1. The first-order valence-electron chi connectivity index (χ1n) is 8.70. The van der Waals surface area contributed by atoms with Crippen molar-refractivity contribution in [3.63, 3.8) is 0 Å². The average Bonchev–Trinajstić information content (AvgIpc) is 3.41. The molecule has 4 rings (SSSR count). The van der Waals surface area contributed by atoms with Gasteiger partial charge in [0.15, 0.2) is 0 Å². The highest BCUT2D eigenvalue weighted by molar-refractivity contribution is 5.81. The minimum absolute atomic E-state index is 0.162. The highest BCUT2D eigenvalue weighted by Gasteiger charge is 2.35. The van der Waals surface area contributed by atoms with E-state index in [1.807, 2.05) is 35.2 Å². The van der Waals surface area contributed by atoms with E-state index in [4.69, 9.17) is 0 Å². The summed E-state index contributed by atoms with van der Waals surface area (Å²) in [6.45, 7) is 2.07. The van der Waals surface area contributed by atoms with Crippen LogP contribution in [0, 0.1) is 5.92 Å². The van der Waals surface area contributed by atoms with Gasteiger partial charge in [-0.25, -0.2) is 9.89 Å². The third kappa shape index (κ3) is 3.00. The molecule has 0 bridgehead atoms. The summed E-state index contributed by atoms with van der Waals surface area (Å²) in [4.78, 5) is 26.3. The van der Waals surface area contributed by atoms with Crippen LogP contribution in [0.2, 0.25) is 0 Å². The maximum Gasteiger partial charge on any atom is 0.343 e. The quantitative estimate of drug-likeness (QED) is 0.930. The Labute approximate surface area is 140 Å². The van der Waals surface area contributed by atoms with Crippen LogP contribution in [0.25, 0.3) is 0 Å². The molecular formula is C18H22N4O2. The standard InChI is InChI=1S/C18H22N4O2/c23-17(15-6-7-15)21-10-8-14(9-11-21)16-19-20-18(24)22(16)12-13-4-2-1-3-5-13/h1-5,14-15H,6-12H2,(H,20,24). The molecule has 2 aliphatic rings. The topological polar surface area (TPSA) is 71.0 Å². The maximum atomic E-state index is 12.2. The van der Waals surface area contributed by atoms with Gasteiger partial charge in [-0.3, -0.25) is 9.36 Å². The highest BCUT2D eigenvalue weighted by atomic mass is 16.2. The van der Waals surface area contributed by atoms with Crippen LogP contribution in [0.5, 0.6) is 0 Å². The van der Waals surface area contributed by atoms with E-state index in [0.717, 1.165) is 50.2 Å². The molecule has 0 radical (unpaired) electrons. The van der Waals surface area contributed by atoms with Crippen LogP contribution in [0.3, 0.4) is 0 Å². The second-order valence-corrected chi connectivity index (χ2v) is 6.83. The van der Waals surface area contributed by atoms with E-state index in [1.165, 1.54) is 0 Å². The Kier molecular flexibility index (Phi) is 3.96. The number of aromatic amines is 1. The number of benzene rings is 1. The molecule has 1 aromatic carbocycles. The number of nitrogens with zero attached hydrogens (tertiary/aromatic N) is 3. The van der Waals surface area contributed by atoms with Crippen molar-refractivity contribution in [1.82, 2.24) is 19.7 Å². The monoisotopic (exact) mass is 326 g/mol. The normalized spacial score (nSPS) is 18.8. The number of aromatic nitrogens is 3. The van der Waals surface area contributed by atoms with Crippen molar-refractivity contribution in [1.29, 1.82) is 0 Å². The molecule has 1 saturated carbocycles. The number of rotatable bonds is 4. The predicted octanol–water partition coefficient (Wildman–Crippen LogP) is 1.74. The third-order valence-corrected chi connectivity index (χ3v) is 5.07. The molecule has 1 N–H and O–H groups in total. The van der Waals surface area contributed by atoms with E-state index < -0.39 is 0 Å². The molecular weight excluding hydrogens is 304 g/mol. The highest BCUT2D eigenvalue weighted by Crippen LogP contribution is 2.33. The van der Waals surface area contributed by atoms with Gasteiger partial charge < -0.3 is 4.90 Å². The van der Waals surface area contributed by atoms with Gasteiger partial charge in [-0.05, 0) is 31.2 Å². The number of hydrogen-bond acceptors (Lipinski definition) is 3. The summed E-state index contributed by atoms with van der Waals surface area (Å²) in [5.41, 5.74) is 0.925. The minimum Gasteiger partial charge on any atom is -0.342 e. The molecule has 2 heterocycles. The van der Waals surface area contributed by atoms with E-state index in [1.54, 1.807) is 4.57 Å². The lowest BCUT2D eigenvalue weighted by atomic mass is 9.95. The number of hydrogen-bond donors (Lipinski definition) is 1. The van der Waals surface area contributed by atoms with E-state index >= 15 is 0 Å². The minimum atomic E-state index is -0.162. The van der Waals surface area contributed by atoms with Crippen LogP contribution in [0.4, 0.5) is 0 Å². The molecule has 1 aliphatic carbocycles. The van der Waals surface area contributed by atoms with E-state index in [0.29, 0.717) is 12.5 Å². The van der Waals surface area contributed by atoms with Crippen LogP contribution in [-0.4, -0.2) is 38.7 Å². The molecule has 6 nitrogen and oxygen atoms in total. The Morgan fingerprint density at radius 2 is 1.83 bits per heavy atom. The van der Waals surface area contributed by atoms with Crippen LogP contribution < -0.4 is 5.69 Å². The molecule has 0 spiro atoms. The summed E-state index contributed by atoms with van der Waals surface area (Å²) < 4.78 is 1.73. The van der Waals surface area contributed by atoms with Crippen LogP contribution in [0.15, 0.2) is 35.1 Å².